The minimum Gasteiger partial charge on any atom is -0.494 e. The quantitative estimate of drug-likeness (QED) is 0.243. The van der Waals surface area contributed by atoms with Crippen molar-refractivity contribution in [2.45, 2.75) is 35.3 Å². The van der Waals surface area contributed by atoms with Crippen LogP contribution in [0.2, 0.25) is 0 Å². The molecule has 1 saturated heterocycles. The molecule has 1 aliphatic heterocycles. The summed E-state index contributed by atoms with van der Waals surface area (Å²) in [5.74, 6) is -0.396. The molecule has 0 saturated carbocycles. The van der Waals surface area contributed by atoms with E-state index >= 15 is 0 Å². The van der Waals surface area contributed by atoms with E-state index in [0.717, 1.165) is 24.1 Å². The molecule has 1 aliphatic rings. The number of ether oxygens (including phenoxy) is 2. The van der Waals surface area contributed by atoms with Crippen molar-refractivity contribution in [1.82, 2.24) is 10.5 Å². The van der Waals surface area contributed by atoms with Crippen LogP contribution in [-0.4, -0.2) is 49.1 Å². The molecule has 1 aromatic heterocycles. The van der Waals surface area contributed by atoms with Crippen LogP contribution in [0.3, 0.4) is 0 Å². The van der Waals surface area contributed by atoms with Gasteiger partial charge in [-0.25, -0.2) is 13.9 Å². The Labute approximate surface area is 217 Å². The fourth-order valence-electron chi connectivity index (χ4n) is 4.25. The van der Waals surface area contributed by atoms with Gasteiger partial charge in [-0.15, -0.1) is 12.4 Å². The summed E-state index contributed by atoms with van der Waals surface area (Å²) in [4.78, 5) is 16.7. The first kappa shape index (κ1) is 27.6. The second-order valence-corrected chi connectivity index (χ2v) is 10.6. The van der Waals surface area contributed by atoms with E-state index in [1.54, 1.807) is 18.3 Å². The summed E-state index contributed by atoms with van der Waals surface area (Å²) in [6.07, 6.45) is 3.33. The zero-order valence-electron chi connectivity index (χ0n) is 19.6. The molecule has 10 heteroatoms. The molecule has 0 bridgehead atoms. The zero-order valence-corrected chi connectivity index (χ0v) is 21.3. The molecule has 4 rings (SSSR count). The van der Waals surface area contributed by atoms with Crippen molar-refractivity contribution in [3.8, 4) is 17.0 Å². The van der Waals surface area contributed by atoms with Gasteiger partial charge in [-0.3, -0.25) is 15.0 Å². The minimum atomic E-state index is -4.05. The number of nitrogens with zero attached hydrogens (tertiary/aromatic N) is 1. The molecular weight excluding hydrogens is 504 g/mol. The Kier molecular flexibility index (Phi) is 9.44. The van der Waals surface area contributed by atoms with Gasteiger partial charge in [-0.05, 0) is 73.7 Å². The molecule has 0 atom stereocenters. The summed E-state index contributed by atoms with van der Waals surface area (Å²) >= 11 is 0. The third kappa shape index (κ3) is 5.87. The first-order chi connectivity index (χ1) is 17.0. The lowest BCUT2D eigenvalue weighted by Crippen LogP contribution is -2.54. The Morgan fingerprint density at radius 1 is 1.06 bits per heavy atom. The van der Waals surface area contributed by atoms with Gasteiger partial charge >= 0.3 is 0 Å². The number of aromatic nitrogens is 1. The van der Waals surface area contributed by atoms with Gasteiger partial charge in [0.1, 0.15) is 5.75 Å². The van der Waals surface area contributed by atoms with Crippen LogP contribution in [0.1, 0.15) is 24.8 Å². The maximum atomic E-state index is 13.3. The van der Waals surface area contributed by atoms with Gasteiger partial charge in [-0.2, -0.15) is 0 Å². The molecular formula is C26H29ClN2O6S. The number of halogens is 1. The van der Waals surface area contributed by atoms with Gasteiger partial charge in [0, 0.05) is 25.0 Å². The Morgan fingerprint density at radius 2 is 1.81 bits per heavy atom. The number of aryl methyl sites for hydroxylation is 1. The highest BCUT2D eigenvalue weighted by molar-refractivity contribution is 7.93. The number of carbonyl (C=O) groups excluding carboxylic acids is 1. The number of hydrogen-bond acceptors (Lipinski definition) is 7. The highest BCUT2D eigenvalue weighted by atomic mass is 35.5. The highest BCUT2D eigenvalue weighted by Gasteiger charge is 2.52. The number of rotatable bonds is 9. The number of sulfone groups is 1. The van der Waals surface area contributed by atoms with Crippen molar-refractivity contribution in [3.05, 3.63) is 78.5 Å². The molecule has 0 unspecified atom stereocenters. The topological polar surface area (TPSA) is 115 Å². The molecule has 192 valence electrons. The molecule has 0 aliphatic carbocycles. The van der Waals surface area contributed by atoms with Crippen molar-refractivity contribution >= 4 is 28.2 Å². The minimum absolute atomic E-state index is 0. The van der Waals surface area contributed by atoms with Crippen LogP contribution in [0.25, 0.3) is 11.3 Å². The van der Waals surface area contributed by atoms with Gasteiger partial charge in [0.15, 0.2) is 14.6 Å². The predicted octanol–water partition coefficient (Wildman–Crippen LogP) is 4.01. The summed E-state index contributed by atoms with van der Waals surface area (Å²) in [5, 5.41) is 9.15. The predicted molar refractivity (Wildman–Crippen MR) is 137 cm³/mol. The molecule has 1 fully saturated rings. The monoisotopic (exact) mass is 532 g/mol. The summed E-state index contributed by atoms with van der Waals surface area (Å²) < 4.78 is 35.9. The zero-order chi connectivity index (χ0) is 24.7. The van der Waals surface area contributed by atoms with Gasteiger partial charge in [0.25, 0.3) is 5.91 Å². The van der Waals surface area contributed by atoms with Crippen LogP contribution >= 0.6 is 12.4 Å². The van der Waals surface area contributed by atoms with E-state index in [1.807, 2.05) is 30.3 Å². The van der Waals surface area contributed by atoms with Crippen LogP contribution in [0.5, 0.6) is 5.75 Å². The van der Waals surface area contributed by atoms with Gasteiger partial charge in [-0.1, -0.05) is 24.3 Å². The van der Waals surface area contributed by atoms with Gasteiger partial charge in [0.2, 0.25) is 0 Å². The molecule has 36 heavy (non-hydrogen) atoms. The van der Waals surface area contributed by atoms with E-state index in [0.29, 0.717) is 12.4 Å². The summed E-state index contributed by atoms with van der Waals surface area (Å²) in [6.45, 7) is 0.714. The standard InChI is InChI=1S/C26H28N2O6S.ClH/c29-25(28-30)26(13-17-33-18-14-26)35(31,32)23-11-9-22(10-12-23)34-16-4-6-20-5-3-7-21(19-20)24-8-1-2-15-27-24;/h1-3,5,7-12,15,19,30H,4,6,13-14,16-18H2,(H,28,29);1H. The Balaban J connectivity index is 0.00000361. The molecule has 2 N–H and O–H groups in total. The van der Waals surface area contributed by atoms with E-state index in [1.165, 1.54) is 23.2 Å². The Hall–Kier alpha value is -2.98. The van der Waals surface area contributed by atoms with Crippen molar-refractivity contribution in [2.75, 3.05) is 19.8 Å². The second kappa shape index (κ2) is 12.3. The third-order valence-electron chi connectivity index (χ3n) is 6.23. The number of benzene rings is 2. The van der Waals surface area contributed by atoms with Crippen LogP contribution in [0.4, 0.5) is 0 Å². The maximum Gasteiger partial charge on any atom is 0.265 e. The smallest absolute Gasteiger partial charge is 0.265 e. The van der Waals surface area contributed by atoms with Crippen molar-refractivity contribution in [3.63, 3.8) is 0 Å². The molecule has 0 spiro atoms. The van der Waals surface area contributed by atoms with E-state index in [4.69, 9.17) is 14.7 Å². The molecule has 8 nitrogen and oxygen atoms in total. The van der Waals surface area contributed by atoms with E-state index in [2.05, 4.69) is 17.1 Å². The lowest BCUT2D eigenvalue weighted by atomic mass is 9.98. The number of carbonyl (C=O) groups is 1. The number of pyridine rings is 1. The average molecular weight is 533 g/mol. The van der Waals surface area contributed by atoms with Crippen LogP contribution in [0.15, 0.2) is 77.8 Å². The molecule has 1 amide bonds. The Bertz CT molecular complexity index is 1250. The second-order valence-electron chi connectivity index (χ2n) is 8.39. The molecule has 0 radical (unpaired) electrons. The number of amides is 1. The normalized spacial score (nSPS) is 14.9. The molecule has 2 aromatic carbocycles. The highest BCUT2D eigenvalue weighted by Crippen LogP contribution is 2.35. The van der Waals surface area contributed by atoms with Crippen LogP contribution in [-0.2, 0) is 25.8 Å². The maximum absolute atomic E-state index is 13.3. The SMILES string of the molecule is Cl.O=C(NO)C1(S(=O)(=O)c2ccc(OCCCc3cccc(-c4ccccn4)c3)cc2)CCOCC1. The molecule has 2 heterocycles. The first-order valence-corrected chi connectivity index (χ1v) is 12.9. The largest absolute Gasteiger partial charge is 0.494 e. The summed E-state index contributed by atoms with van der Waals surface area (Å²) in [5.41, 5.74) is 4.70. The fraction of sp³-hybridized carbons (Fsp3) is 0.308. The van der Waals surface area contributed by atoms with Crippen LogP contribution in [0, 0.1) is 0 Å². The number of hydroxylamine groups is 1. The lowest BCUT2D eigenvalue weighted by molar-refractivity contribution is -0.134. The third-order valence-corrected chi connectivity index (χ3v) is 8.75. The van der Waals surface area contributed by atoms with E-state index in [-0.39, 0.29) is 43.4 Å². The van der Waals surface area contributed by atoms with Gasteiger partial charge < -0.3 is 9.47 Å². The van der Waals surface area contributed by atoms with E-state index < -0.39 is 20.5 Å². The summed E-state index contributed by atoms with van der Waals surface area (Å²) in [7, 11) is -4.05. The van der Waals surface area contributed by atoms with Crippen molar-refractivity contribution in [1.29, 1.82) is 0 Å². The van der Waals surface area contributed by atoms with Gasteiger partial charge in [0.05, 0.1) is 17.2 Å². The number of nitrogens with one attached hydrogen (secondary N) is 1. The first-order valence-electron chi connectivity index (χ1n) is 11.5. The number of hydrogen-bond donors (Lipinski definition) is 2. The van der Waals surface area contributed by atoms with Crippen LogP contribution < -0.4 is 10.2 Å². The Morgan fingerprint density at radius 3 is 2.47 bits per heavy atom. The van der Waals surface area contributed by atoms with Crippen molar-refractivity contribution in [2.24, 2.45) is 0 Å². The lowest BCUT2D eigenvalue weighted by Gasteiger charge is -2.34. The average Bonchev–Trinajstić information content (AvgIpc) is 2.92. The van der Waals surface area contributed by atoms with Crippen molar-refractivity contribution < 1.29 is 27.9 Å². The fourth-order valence-corrected chi connectivity index (χ4v) is 6.19. The molecule has 3 aromatic rings. The van der Waals surface area contributed by atoms with E-state index in [9.17, 15) is 13.2 Å². The summed E-state index contributed by atoms with van der Waals surface area (Å²) in [6, 6.07) is 20.1.